The number of nitrogens with zero attached hydrogens (tertiary/aromatic N) is 3. The van der Waals surface area contributed by atoms with E-state index < -0.39 is 0 Å². The Morgan fingerprint density at radius 3 is 2.15 bits per heavy atom. The van der Waals surface area contributed by atoms with Crippen LogP contribution in [0.15, 0.2) is 72.8 Å². The van der Waals surface area contributed by atoms with Crippen molar-refractivity contribution in [1.82, 2.24) is 14.4 Å². The first kappa shape index (κ1) is 27.7. The Hall–Kier alpha value is -3.90. The van der Waals surface area contributed by atoms with Gasteiger partial charge in [0.25, 0.3) is 11.8 Å². The molecule has 1 N–H and O–H groups in total. The zero-order chi connectivity index (χ0) is 28.4. The summed E-state index contributed by atoms with van der Waals surface area (Å²) in [6.45, 7) is 15.7. The van der Waals surface area contributed by atoms with E-state index in [1.807, 2.05) is 60.4 Å². The smallest absolute Gasteiger partial charge is 0.270 e. The lowest BCUT2D eigenvalue weighted by Gasteiger charge is -2.34. The van der Waals surface area contributed by atoms with Crippen molar-refractivity contribution in [2.24, 2.45) is 0 Å². The third kappa shape index (κ3) is 5.97. The van der Waals surface area contributed by atoms with Gasteiger partial charge in [-0.05, 0) is 66.4 Å². The van der Waals surface area contributed by atoms with E-state index in [0.717, 1.165) is 54.8 Å². The molecule has 1 aromatic heterocycles. The van der Waals surface area contributed by atoms with Crippen LogP contribution in [0.4, 0.5) is 5.69 Å². The summed E-state index contributed by atoms with van der Waals surface area (Å²) in [5, 5.41) is 3.96. The van der Waals surface area contributed by atoms with Gasteiger partial charge in [-0.2, -0.15) is 0 Å². The third-order valence-corrected chi connectivity index (χ3v) is 7.96. The molecule has 208 valence electrons. The van der Waals surface area contributed by atoms with E-state index >= 15 is 0 Å². The molecular weight excluding hydrogens is 496 g/mol. The summed E-state index contributed by atoms with van der Waals surface area (Å²) in [7, 11) is 0. The molecule has 0 bridgehead atoms. The minimum absolute atomic E-state index is 0.0588. The van der Waals surface area contributed by atoms with Crippen LogP contribution in [-0.4, -0.2) is 58.9 Å². The highest BCUT2D eigenvalue weighted by molar-refractivity contribution is 6.06. The van der Waals surface area contributed by atoms with Crippen LogP contribution in [0.1, 0.15) is 65.2 Å². The number of nitrogens with one attached hydrogen (secondary N) is 1. The van der Waals surface area contributed by atoms with Crippen LogP contribution in [-0.2, 0) is 12.0 Å². The van der Waals surface area contributed by atoms with Gasteiger partial charge in [-0.3, -0.25) is 9.59 Å². The number of fused-ring (bicyclic) bond motifs is 1. The highest BCUT2D eigenvalue weighted by Gasteiger charge is 2.25. The topological polar surface area (TPSA) is 57.6 Å². The SMILES string of the molecule is CCN1CCN(C(=O)c2cc3cc(NC(=O)c4ccc(C)cc4)ccc3n2Cc2ccc(C(C)(C)C)cc2)CC1. The van der Waals surface area contributed by atoms with Gasteiger partial charge >= 0.3 is 0 Å². The third-order valence-electron chi connectivity index (χ3n) is 7.96. The molecule has 2 amide bonds. The van der Waals surface area contributed by atoms with Crippen molar-refractivity contribution in [2.45, 2.75) is 46.6 Å². The molecule has 0 atom stereocenters. The summed E-state index contributed by atoms with van der Waals surface area (Å²) in [5.41, 5.74) is 6.61. The highest BCUT2D eigenvalue weighted by Crippen LogP contribution is 2.28. The maximum Gasteiger partial charge on any atom is 0.270 e. The van der Waals surface area contributed by atoms with Crippen molar-refractivity contribution < 1.29 is 9.59 Å². The predicted molar refractivity (Wildman–Crippen MR) is 163 cm³/mol. The number of likely N-dealkylation sites (N-methyl/N-ethyl adjacent to an activating group) is 1. The van der Waals surface area contributed by atoms with Crippen molar-refractivity contribution >= 4 is 28.4 Å². The van der Waals surface area contributed by atoms with Crippen molar-refractivity contribution in [3.63, 3.8) is 0 Å². The van der Waals surface area contributed by atoms with Crippen molar-refractivity contribution in [3.8, 4) is 0 Å². The lowest BCUT2D eigenvalue weighted by atomic mass is 9.87. The second kappa shape index (κ2) is 11.3. The Balaban J connectivity index is 1.47. The van der Waals surface area contributed by atoms with Crippen LogP contribution in [0.2, 0.25) is 0 Å². The van der Waals surface area contributed by atoms with Crippen LogP contribution in [0.5, 0.6) is 0 Å². The number of carbonyl (C=O) groups is 2. The van der Waals surface area contributed by atoms with Gasteiger partial charge < -0.3 is 19.7 Å². The molecule has 2 heterocycles. The largest absolute Gasteiger partial charge is 0.335 e. The van der Waals surface area contributed by atoms with E-state index in [0.29, 0.717) is 23.5 Å². The number of aryl methyl sites for hydroxylation is 1. The summed E-state index contributed by atoms with van der Waals surface area (Å²) in [5.74, 6) is -0.0914. The average molecular weight is 537 g/mol. The van der Waals surface area contributed by atoms with Gasteiger partial charge in [0.05, 0.1) is 0 Å². The van der Waals surface area contributed by atoms with Gasteiger partial charge in [0.15, 0.2) is 0 Å². The Morgan fingerprint density at radius 1 is 0.850 bits per heavy atom. The Kier molecular flexibility index (Phi) is 7.81. The summed E-state index contributed by atoms with van der Waals surface area (Å²) in [6, 6.07) is 24.1. The zero-order valence-corrected chi connectivity index (χ0v) is 24.3. The maximum absolute atomic E-state index is 13.9. The second-order valence-corrected chi connectivity index (χ2v) is 11.9. The minimum Gasteiger partial charge on any atom is -0.335 e. The number of rotatable bonds is 6. The van der Waals surface area contributed by atoms with Crippen molar-refractivity contribution in [1.29, 1.82) is 0 Å². The standard InChI is InChI=1S/C34H40N4O2/c1-6-36-17-19-37(20-18-36)33(40)31-22-27-21-29(35-32(39)26-11-7-24(2)8-12-26)15-16-30(27)38(31)23-25-9-13-28(14-10-25)34(3,4)5/h7-16,21-22H,6,17-20,23H2,1-5H3,(H,35,39). The predicted octanol–water partition coefficient (Wildman–Crippen LogP) is 6.33. The number of anilines is 1. The van der Waals surface area contributed by atoms with E-state index in [-0.39, 0.29) is 17.2 Å². The Morgan fingerprint density at radius 2 is 1.52 bits per heavy atom. The number of piperazine rings is 1. The van der Waals surface area contributed by atoms with Gasteiger partial charge in [0, 0.05) is 54.9 Å². The fourth-order valence-electron chi connectivity index (χ4n) is 5.33. The molecule has 0 unspecified atom stereocenters. The molecule has 1 fully saturated rings. The van der Waals surface area contributed by atoms with E-state index in [4.69, 9.17) is 0 Å². The first-order valence-electron chi connectivity index (χ1n) is 14.2. The molecule has 0 aliphatic carbocycles. The van der Waals surface area contributed by atoms with E-state index in [1.54, 1.807) is 0 Å². The molecule has 0 spiro atoms. The Labute approximate surface area is 237 Å². The molecule has 3 aromatic carbocycles. The minimum atomic E-state index is -0.150. The maximum atomic E-state index is 13.9. The molecule has 5 rings (SSSR count). The number of carbonyl (C=O) groups excluding carboxylic acids is 2. The van der Waals surface area contributed by atoms with Gasteiger partial charge in [0.1, 0.15) is 5.69 Å². The number of aromatic nitrogens is 1. The number of hydrogen-bond donors (Lipinski definition) is 1. The van der Waals surface area contributed by atoms with Crippen molar-refractivity contribution in [2.75, 3.05) is 38.0 Å². The van der Waals surface area contributed by atoms with Crippen molar-refractivity contribution in [3.05, 3.63) is 101 Å². The zero-order valence-electron chi connectivity index (χ0n) is 24.3. The summed E-state index contributed by atoms with van der Waals surface area (Å²) in [4.78, 5) is 31.1. The normalized spacial score (nSPS) is 14.5. The number of amides is 2. The van der Waals surface area contributed by atoms with E-state index in [1.165, 1.54) is 5.56 Å². The molecule has 40 heavy (non-hydrogen) atoms. The fourth-order valence-corrected chi connectivity index (χ4v) is 5.33. The van der Waals surface area contributed by atoms with Gasteiger partial charge in [-0.1, -0.05) is 69.7 Å². The molecule has 1 aliphatic rings. The summed E-state index contributed by atoms with van der Waals surface area (Å²) < 4.78 is 2.13. The lowest BCUT2D eigenvalue weighted by Crippen LogP contribution is -2.48. The second-order valence-electron chi connectivity index (χ2n) is 11.9. The first-order chi connectivity index (χ1) is 19.1. The summed E-state index contributed by atoms with van der Waals surface area (Å²) in [6.07, 6.45) is 0. The lowest BCUT2D eigenvalue weighted by molar-refractivity contribution is 0.0633. The highest BCUT2D eigenvalue weighted by atomic mass is 16.2. The van der Waals surface area contributed by atoms with Crippen LogP contribution >= 0.6 is 0 Å². The van der Waals surface area contributed by atoms with Gasteiger partial charge in [-0.15, -0.1) is 0 Å². The van der Waals surface area contributed by atoms with Crippen LogP contribution in [0, 0.1) is 6.92 Å². The summed E-state index contributed by atoms with van der Waals surface area (Å²) >= 11 is 0. The molecule has 6 nitrogen and oxygen atoms in total. The van der Waals surface area contributed by atoms with E-state index in [9.17, 15) is 9.59 Å². The average Bonchev–Trinajstić information content (AvgIpc) is 3.30. The van der Waals surface area contributed by atoms with Crippen LogP contribution in [0.25, 0.3) is 10.9 Å². The fraction of sp³-hybridized carbons (Fsp3) is 0.353. The number of benzene rings is 3. The molecule has 0 saturated carbocycles. The Bertz CT molecular complexity index is 1500. The van der Waals surface area contributed by atoms with Crippen LogP contribution < -0.4 is 5.32 Å². The molecule has 4 aromatic rings. The quantitative estimate of drug-likeness (QED) is 0.314. The number of hydrogen-bond acceptors (Lipinski definition) is 3. The van der Waals surface area contributed by atoms with E-state index in [2.05, 4.69) is 66.7 Å². The van der Waals surface area contributed by atoms with Gasteiger partial charge in [-0.25, -0.2) is 0 Å². The molecule has 0 radical (unpaired) electrons. The molecular formula is C34H40N4O2. The first-order valence-corrected chi connectivity index (χ1v) is 14.2. The van der Waals surface area contributed by atoms with Gasteiger partial charge in [0.2, 0.25) is 0 Å². The molecule has 1 aliphatic heterocycles. The van der Waals surface area contributed by atoms with Crippen LogP contribution in [0.3, 0.4) is 0 Å². The molecule has 1 saturated heterocycles. The monoisotopic (exact) mass is 536 g/mol. The molecule has 6 heteroatoms.